The summed E-state index contributed by atoms with van der Waals surface area (Å²) in [7, 11) is 0. The first-order chi connectivity index (χ1) is 14.9. The first-order valence-electron chi connectivity index (χ1n) is 9.77. The number of aromatic nitrogens is 1. The third-order valence-electron chi connectivity index (χ3n) is 4.99. The lowest BCUT2D eigenvalue weighted by Crippen LogP contribution is -2.36. The van der Waals surface area contributed by atoms with Crippen molar-refractivity contribution in [2.75, 3.05) is 11.9 Å². The number of thioether (sulfide) groups is 1. The van der Waals surface area contributed by atoms with Crippen LogP contribution in [0.3, 0.4) is 0 Å². The zero-order valence-electron chi connectivity index (χ0n) is 17.2. The molecule has 0 unspecified atom stereocenters. The summed E-state index contributed by atoms with van der Waals surface area (Å²) in [6.45, 7) is 3.47. The highest BCUT2D eigenvalue weighted by atomic mass is 32.2. The highest BCUT2D eigenvalue weighted by Crippen LogP contribution is 2.32. The van der Waals surface area contributed by atoms with E-state index in [1.54, 1.807) is 6.08 Å². The van der Waals surface area contributed by atoms with Crippen molar-refractivity contribution in [2.45, 2.75) is 13.8 Å². The number of nitrogens with one attached hydrogen (secondary N) is 1. The van der Waals surface area contributed by atoms with Gasteiger partial charge in [0.15, 0.2) is 0 Å². The van der Waals surface area contributed by atoms with Crippen molar-refractivity contribution in [1.29, 1.82) is 0 Å². The van der Waals surface area contributed by atoms with Gasteiger partial charge < -0.3 is 9.88 Å². The molecule has 0 saturated carbocycles. The number of imide groups is 1. The number of carbonyl (C=O) groups is 3. The number of carbonyl (C=O) groups excluding carboxylic acids is 3. The molecule has 1 N–H and O–H groups in total. The summed E-state index contributed by atoms with van der Waals surface area (Å²) in [6, 6.07) is 17.4. The van der Waals surface area contributed by atoms with Crippen LogP contribution in [0.15, 0.2) is 71.9 Å². The second kappa shape index (κ2) is 8.65. The van der Waals surface area contributed by atoms with Crippen LogP contribution in [0.25, 0.3) is 11.8 Å². The summed E-state index contributed by atoms with van der Waals surface area (Å²) in [5.74, 6) is -0.865. The second-order valence-electron chi connectivity index (χ2n) is 7.27. The van der Waals surface area contributed by atoms with Crippen LogP contribution in [0.1, 0.15) is 16.7 Å². The van der Waals surface area contributed by atoms with E-state index >= 15 is 0 Å². The quantitative estimate of drug-likeness (QED) is 0.591. The zero-order chi connectivity index (χ0) is 22.0. The normalized spacial score (nSPS) is 15.0. The Labute approximate surface area is 184 Å². The Bertz CT molecular complexity index is 1180. The molecule has 1 saturated heterocycles. The van der Waals surface area contributed by atoms with E-state index < -0.39 is 17.1 Å². The van der Waals surface area contributed by atoms with E-state index in [0.29, 0.717) is 10.6 Å². The lowest BCUT2D eigenvalue weighted by atomic mass is 10.1. The van der Waals surface area contributed by atoms with E-state index in [2.05, 4.69) is 5.32 Å². The molecule has 3 amide bonds. The van der Waals surface area contributed by atoms with Crippen molar-refractivity contribution >= 4 is 40.6 Å². The first-order valence-corrected chi connectivity index (χ1v) is 10.6. The van der Waals surface area contributed by atoms with E-state index in [1.165, 1.54) is 0 Å². The number of anilines is 1. The molecule has 6 nitrogen and oxygen atoms in total. The summed E-state index contributed by atoms with van der Waals surface area (Å²) < 4.78 is 1.94. The minimum absolute atomic E-state index is 0.302. The SMILES string of the molecule is Cc1cccc(C)c1NC(=O)CN1C(=O)S/C(=C/c2ccn(-c3ccccc3)c2)C1=O. The fraction of sp³-hybridized carbons (Fsp3) is 0.125. The minimum Gasteiger partial charge on any atom is -0.324 e. The van der Waals surface area contributed by atoms with Crippen molar-refractivity contribution in [3.63, 3.8) is 0 Å². The number of nitrogens with zero attached hydrogens (tertiary/aromatic N) is 2. The predicted octanol–water partition coefficient (Wildman–Crippen LogP) is 4.77. The van der Waals surface area contributed by atoms with Crippen LogP contribution in [0.4, 0.5) is 10.5 Å². The van der Waals surface area contributed by atoms with Gasteiger partial charge in [0.05, 0.1) is 4.91 Å². The lowest BCUT2D eigenvalue weighted by molar-refractivity contribution is -0.127. The fourth-order valence-corrected chi connectivity index (χ4v) is 4.22. The minimum atomic E-state index is -0.459. The van der Waals surface area contributed by atoms with Crippen LogP contribution < -0.4 is 5.32 Å². The van der Waals surface area contributed by atoms with Crippen LogP contribution >= 0.6 is 11.8 Å². The van der Waals surface area contributed by atoms with Gasteiger partial charge in [-0.2, -0.15) is 0 Å². The number of benzene rings is 2. The maximum atomic E-state index is 12.7. The molecule has 0 bridgehead atoms. The molecule has 0 spiro atoms. The molecule has 1 aromatic heterocycles. The molecule has 7 heteroatoms. The Kier molecular flexibility index (Phi) is 5.77. The molecule has 0 aliphatic carbocycles. The van der Waals surface area contributed by atoms with Gasteiger partial charge in [-0.05, 0) is 66.6 Å². The molecule has 1 fully saturated rings. The molecule has 0 radical (unpaired) electrons. The third kappa shape index (κ3) is 4.46. The molecular weight excluding hydrogens is 410 g/mol. The molecule has 31 heavy (non-hydrogen) atoms. The van der Waals surface area contributed by atoms with Gasteiger partial charge in [0.25, 0.3) is 11.1 Å². The maximum absolute atomic E-state index is 12.7. The molecule has 2 aromatic carbocycles. The average Bonchev–Trinajstić information content (AvgIpc) is 3.32. The van der Waals surface area contributed by atoms with Gasteiger partial charge in [-0.25, -0.2) is 0 Å². The Morgan fingerprint density at radius 1 is 1.00 bits per heavy atom. The van der Waals surface area contributed by atoms with Crippen molar-refractivity contribution < 1.29 is 14.4 Å². The summed E-state index contributed by atoms with van der Waals surface area (Å²) in [5, 5.41) is 2.37. The van der Waals surface area contributed by atoms with E-state index in [1.807, 2.05) is 85.4 Å². The zero-order valence-corrected chi connectivity index (χ0v) is 18.0. The van der Waals surface area contributed by atoms with E-state index in [-0.39, 0.29) is 6.54 Å². The summed E-state index contributed by atoms with van der Waals surface area (Å²) in [6.07, 6.45) is 5.45. The lowest BCUT2D eigenvalue weighted by Gasteiger charge is -2.15. The van der Waals surface area contributed by atoms with Gasteiger partial charge in [-0.1, -0.05) is 36.4 Å². The van der Waals surface area contributed by atoms with Crippen molar-refractivity contribution in [2.24, 2.45) is 0 Å². The third-order valence-corrected chi connectivity index (χ3v) is 5.90. The molecule has 1 aliphatic rings. The van der Waals surface area contributed by atoms with Crippen LogP contribution in [-0.2, 0) is 9.59 Å². The summed E-state index contributed by atoms with van der Waals surface area (Å²) >= 11 is 0.846. The Morgan fingerprint density at radius 3 is 2.42 bits per heavy atom. The number of rotatable bonds is 5. The standard InChI is InChI=1S/C24H21N3O3S/c1-16-7-6-8-17(2)22(16)25-21(28)15-27-23(29)20(31-24(27)30)13-18-11-12-26(14-18)19-9-4-3-5-10-19/h3-14H,15H2,1-2H3,(H,25,28)/b20-13+. The smallest absolute Gasteiger partial charge is 0.294 e. The largest absolute Gasteiger partial charge is 0.324 e. The first kappa shape index (κ1) is 20.7. The molecular formula is C24H21N3O3S. The van der Waals surface area contributed by atoms with Crippen molar-refractivity contribution in [3.8, 4) is 5.69 Å². The van der Waals surface area contributed by atoms with E-state index in [9.17, 15) is 14.4 Å². The Balaban J connectivity index is 1.46. The van der Waals surface area contributed by atoms with E-state index in [4.69, 9.17) is 0 Å². The number of hydrogen-bond acceptors (Lipinski definition) is 4. The summed E-state index contributed by atoms with van der Waals surface area (Å²) in [4.78, 5) is 38.9. The monoisotopic (exact) mass is 431 g/mol. The predicted molar refractivity (Wildman–Crippen MR) is 123 cm³/mol. The van der Waals surface area contributed by atoms with Crippen LogP contribution in [0.2, 0.25) is 0 Å². The number of amides is 3. The maximum Gasteiger partial charge on any atom is 0.294 e. The molecule has 0 atom stereocenters. The number of aryl methyl sites for hydroxylation is 2. The molecule has 2 heterocycles. The number of hydrogen-bond donors (Lipinski definition) is 1. The van der Waals surface area contributed by atoms with Gasteiger partial charge in [0.1, 0.15) is 6.54 Å². The second-order valence-corrected chi connectivity index (χ2v) is 8.26. The van der Waals surface area contributed by atoms with Gasteiger partial charge in [-0.15, -0.1) is 0 Å². The highest BCUT2D eigenvalue weighted by Gasteiger charge is 2.36. The van der Waals surface area contributed by atoms with Gasteiger partial charge in [0.2, 0.25) is 5.91 Å². The van der Waals surface area contributed by atoms with Crippen molar-refractivity contribution in [1.82, 2.24) is 9.47 Å². The topological polar surface area (TPSA) is 71.4 Å². The highest BCUT2D eigenvalue weighted by molar-refractivity contribution is 8.18. The Hall–Kier alpha value is -3.58. The van der Waals surface area contributed by atoms with Crippen LogP contribution in [0.5, 0.6) is 0 Å². The Morgan fingerprint density at radius 2 is 1.71 bits per heavy atom. The molecule has 1 aliphatic heterocycles. The molecule has 4 rings (SSSR count). The summed E-state index contributed by atoms with van der Waals surface area (Å²) in [5.41, 5.74) is 4.35. The van der Waals surface area contributed by atoms with Crippen LogP contribution in [0, 0.1) is 13.8 Å². The molecule has 156 valence electrons. The fourth-order valence-electron chi connectivity index (χ4n) is 3.38. The van der Waals surface area contributed by atoms with Crippen molar-refractivity contribution in [3.05, 3.63) is 88.6 Å². The van der Waals surface area contributed by atoms with Crippen LogP contribution in [-0.4, -0.2) is 33.1 Å². The average molecular weight is 432 g/mol. The van der Waals surface area contributed by atoms with Gasteiger partial charge in [0, 0.05) is 23.8 Å². The van der Waals surface area contributed by atoms with Gasteiger partial charge >= 0.3 is 0 Å². The van der Waals surface area contributed by atoms with E-state index in [0.717, 1.165) is 39.0 Å². The molecule has 3 aromatic rings. The van der Waals surface area contributed by atoms with Gasteiger partial charge in [-0.3, -0.25) is 19.3 Å². The number of para-hydroxylation sites is 2.